The number of benzene rings is 4. The van der Waals surface area contributed by atoms with Crippen molar-refractivity contribution in [2.24, 2.45) is 5.73 Å². The van der Waals surface area contributed by atoms with Gasteiger partial charge in [-0.3, -0.25) is 0 Å². The minimum Gasteiger partial charge on any atom is -1.00 e. The summed E-state index contributed by atoms with van der Waals surface area (Å²) >= 11 is 0. The molecule has 0 unspecified atom stereocenters. The molecule has 1 atom stereocenters. The SMILES string of the molecule is N[C@H]1CCC[N+](Cc2ccc(OCc3ccccc3)cc2)(Cc2ccc(OCc3ccccc3)cc2)C1.[Cl-]. The lowest BCUT2D eigenvalue weighted by molar-refractivity contribution is -0.958. The van der Waals surface area contributed by atoms with Crippen LogP contribution in [0.25, 0.3) is 0 Å². The molecule has 0 saturated carbocycles. The maximum atomic E-state index is 6.50. The van der Waals surface area contributed by atoms with Crippen molar-refractivity contribution in [3.8, 4) is 11.5 Å². The molecular weight excluding hydrogens is 492 g/mol. The Kier molecular flexibility index (Phi) is 9.83. The Morgan fingerprint density at radius 1 is 0.605 bits per heavy atom. The van der Waals surface area contributed by atoms with Gasteiger partial charge < -0.3 is 32.1 Å². The Hall–Kier alpha value is -3.31. The van der Waals surface area contributed by atoms with Crippen LogP contribution in [0.3, 0.4) is 0 Å². The summed E-state index contributed by atoms with van der Waals surface area (Å²) in [6.45, 7) is 5.25. The van der Waals surface area contributed by atoms with Crippen LogP contribution in [0.2, 0.25) is 0 Å². The highest BCUT2D eigenvalue weighted by Gasteiger charge is 2.34. The van der Waals surface area contributed by atoms with Crippen molar-refractivity contribution in [1.29, 1.82) is 0 Å². The Morgan fingerprint density at radius 3 is 1.47 bits per heavy atom. The van der Waals surface area contributed by atoms with E-state index >= 15 is 0 Å². The van der Waals surface area contributed by atoms with E-state index in [0.717, 1.165) is 55.0 Å². The first-order valence-corrected chi connectivity index (χ1v) is 13.3. The molecule has 5 rings (SSSR count). The Balaban J connectivity index is 0.00000336. The van der Waals surface area contributed by atoms with Gasteiger partial charge in [-0.2, -0.15) is 0 Å². The average molecular weight is 529 g/mol. The zero-order valence-electron chi connectivity index (χ0n) is 21.8. The highest BCUT2D eigenvalue weighted by molar-refractivity contribution is 5.29. The second-order valence-electron chi connectivity index (χ2n) is 10.3. The first-order chi connectivity index (χ1) is 18.2. The smallest absolute Gasteiger partial charge is 0.119 e. The third kappa shape index (κ3) is 7.84. The number of nitrogens with two attached hydrogens (primary N) is 1. The number of nitrogens with zero attached hydrogens (tertiary/aromatic N) is 1. The normalized spacial score (nSPS) is 16.3. The molecule has 2 N–H and O–H groups in total. The summed E-state index contributed by atoms with van der Waals surface area (Å²) in [6, 6.07) is 38.0. The number of likely N-dealkylation sites (tertiary alicyclic amines) is 1. The first kappa shape index (κ1) is 27.7. The minimum atomic E-state index is 0. The van der Waals surface area contributed by atoms with Crippen LogP contribution < -0.4 is 27.6 Å². The molecule has 4 nitrogen and oxygen atoms in total. The topological polar surface area (TPSA) is 44.5 Å². The molecule has 1 heterocycles. The maximum Gasteiger partial charge on any atom is 0.119 e. The predicted molar refractivity (Wildman–Crippen MR) is 149 cm³/mol. The molecule has 1 aliphatic rings. The number of ether oxygens (including phenoxy) is 2. The van der Waals surface area contributed by atoms with Crippen LogP contribution in [0.15, 0.2) is 109 Å². The number of hydrogen-bond acceptors (Lipinski definition) is 3. The predicted octanol–water partition coefficient (Wildman–Crippen LogP) is 3.49. The number of hydrogen-bond donors (Lipinski definition) is 1. The third-order valence-corrected chi connectivity index (χ3v) is 7.21. The van der Waals surface area contributed by atoms with E-state index in [0.29, 0.717) is 13.2 Å². The summed E-state index contributed by atoms with van der Waals surface area (Å²) in [7, 11) is 0. The second kappa shape index (κ2) is 13.5. The summed E-state index contributed by atoms with van der Waals surface area (Å²) in [4.78, 5) is 0. The molecule has 5 heteroatoms. The summed E-state index contributed by atoms with van der Waals surface area (Å²) in [5.74, 6) is 1.81. The minimum absolute atomic E-state index is 0. The van der Waals surface area contributed by atoms with E-state index in [1.807, 2.05) is 36.4 Å². The van der Waals surface area contributed by atoms with E-state index in [2.05, 4.69) is 72.8 Å². The van der Waals surface area contributed by atoms with Gasteiger partial charge in [-0.15, -0.1) is 0 Å². The van der Waals surface area contributed by atoms with Crippen molar-refractivity contribution in [2.75, 3.05) is 13.1 Å². The van der Waals surface area contributed by atoms with E-state index in [1.54, 1.807) is 0 Å². The molecule has 0 amide bonds. The fourth-order valence-electron chi connectivity index (χ4n) is 5.35. The fourth-order valence-corrected chi connectivity index (χ4v) is 5.35. The summed E-state index contributed by atoms with van der Waals surface area (Å²) in [5, 5.41) is 0. The molecule has 0 spiro atoms. The molecule has 38 heavy (non-hydrogen) atoms. The van der Waals surface area contributed by atoms with E-state index < -0.39 is 0 Å². The molecule has 4 aromatic rings. The first-order valence-electron chi connectivity index (χ1n) is 13.3. The van der Waals surface area contributed by atoms with Crippen molar-refractivity contribution < 1.29 is 26.4 Å². The molecule has 0 aliphatic carbocycles. The Bertz CT molecular complexity index is 1140. The summed E-state index contributed by atoms with van der Waals surface area (Å²) < 4.78 is 13.0. The monoisotopic (exact) mass is 528 g/mol. The highest BCUT2D eigenvalue weighted by Crippen LogP contribution is 2.28. The maximum absolute atomic E-state index is 6.50. The fraction of sp³-hybridized carbons (Fsp3) is 0.273. The van der Waals surface area contributed by atoms with E-state index in [4.69, 9.17) is 15.2 Å². The van der Waals surface area contributed by atoms with Gasteiger partial charge in [0.1, 0.15) is 37.8 Å². The van der Waals surface area contributed by atoms with E-state index in [9.17, 15) is 0 Å². The number of quaternary nitrogens is 1. The molecule has 198 valence electrons. The molecule has 0 radical (unpaired) electrons. The van der Waals surface area contributed by atoms with Gasteiger partial charge in [-0.05, 0) is 72.5 Å². The largest absolute Gasteiger partial charge is 1.00 e. The van der Waals surface area contributed by atoms with Crippen LogP contribution in [-0.4, -0.2) is 23.6 Å². The van der Waals surface area contributed by atoms with Gasteiger partial charge in [0.15, 0.2) is 0 Å². The zero-order chi connectivity index (χ0) is 25.3. The Labute approximate surface area is 233 Å². The molecule has 1 fully saturated rings. The van der Waals surface area contributed by atoms with Gasteiger partial charge in [0.2, 0.25) is 0 Å². The van der Waals surface area contributed by atoms with E-state index in [-0.39, 0.29) is 18.4 Å². The summed E-state index contributed by atoms with van der Waals surface area (Å²) in [6.07, 6.45) is 2.27. The van der Waals surface area contributed by atoms with Gasteiger partial charge in [-0.25, -0.2) is 0 Å². The van der Waals surface area contributed by atoms with Crippen LogP contribution in [-0.2, 0) is 26.3 Å². The van der Waals surface area contributed by atoms with Crippen LogP contribution in [0.4, 0.5) is 0 Å². The molecule has 1 aliphatic heterocycles. The number of halogens is 1. The lowest BCUT2D eigenvalue weighted by atomic mass is 10.00. The molecule has 1 saturated heterocycles. The van der Waals surface area contributed by atoms with Crippen molar-refractivity contribution in [1.82, 2.24) is 0 Å². The molecule has 4 aromatic carbocycles. The van der Waals surface area contributed by atoms with Crippen molar-refractivity contribution in [3.63, 3.8) is 0 Å². The lowest BCUT2D eigenvalue weighted by Crippen LogP contribution is -3.00. The van der Waals surface area contributed by atoms with Crippen molar-refractivity contribution in [2.45, 2.75) is 45.2 Å². The molecular formula is C33H37ClN2O2. The highest BCUT2D eigenvalue weighted by atomic mass is 35.5. The number of piperidine rings is 1. The van der Waals surface area contributed by atoms with Gasteiger partial charge in [0, 0.05) is 11.1 Å². The summed E-state index contributed by atoms with van der Waals surface area (Å²) in [5.41, 5.74) is 11.5. The second-order valence-corrected chi connectivity index (χ2v) is 10.3. The zero-order valence-corrected chi connectivity index (χ0v) is 22.6. The van der Waals surface area contributed by atoms with Gasteiger partial charge >= 0.3 is 0 Å². The standard InChI is InChI=1S/C33H37N2O2.ClH/c34-31-12-7-21-35(24-31,22-27-13-17-32(18-14-27)36-25-29-8-3-1-4-9-29)23-28-15-19-33(20-16-28)37-26-30-10-5-2-6-11-30;/h1-6,8-11,13-20,31H,7,12,21-26,34H2;1H/q+1;/p-1/t31-;/m0./s1. The number of rotatable bonds is 10. The van der Waals surface area contributed by atoms with Gasteiger partial charge in [0.05, 0.1) is 19.1 Å². The van der Waals surface area contributed by atoms with Crippen LogP contribution in [0.5, 0.6) is 11.5 Å². The van der Waals surface area contributed by atoms with E-state index in [1.165, 1.54) is 22.3 Å². The van der Waals surface area contributed by atoms with Crippen LogP contribution in [0.1, 0.15) is 35.1 Å². The third-order valence-electron chi connectivity index (χ3n) is 7.21. The van der Waals surface area contributed by atoms with Gasteiger partial charge in [-0.1, -0.05) is 60.7 Å². The quantitative estimate of drug-likeness (QED) is 0.320. The molecule has 0 aromatic heterocycles. The van der Waals surface area contributed by atoms with Crippen molar-refractivity contribution in [3.05, 3.63) is 131 Å². The lowest BCUT2D eigenvalue weighted by Gasteiger charge is -2.44. The van der Waals surface area contributed by atoms with Crippen LogP contribution in [0, 0.1) is 0 Å². The van der Waals surface area contributed by atoms with Gasteiger partial charge in [0.25, 0.3) is 0 Å². The average Bonchev–Trinajstić information content (AvgIpc) is 2.93. The van der Waals surface area contributed by atoms with Crippen LogP contribution >= 0.6 is 0 Å². The Morgan fingerprint density at radius 2 is 1.05 bits per heavy atom. The van der Waals surface area contributed by atoms with Crippen molar-refractivity contribution >= 4 is 0 Å². The molecule has 0 bridgehead atoms.